The first-order valence-electron chi connectivity index (χ1n) is 9.53. The molecule has 0 radical (unpaired) electrons. The Morgan fingerprint density at radius 1 is 1.32 bits per heavy atom. The van der Waals surface area contributed by atoms with Crippen molar-refractivity contribution in [2.45, 2.75) is 33.0 Å². The second-order valence-electron chi connectivity index (χ2n) is 7.34. The van der Waals surface area contributed by atoms with E-state index in [-0.39, 0.29) is 41.0 Å². The Kier molecular flexibility index (Phi) is 7.11. The molecule has 0 saturated carbocycles. The van der Waals surface area contributed by atoms with Crippen molar-refractivity contribution in [3.8, 4) is 0 Å². The number of benzene rings is 1. The number of hydrogen-bond acceptors (Lipinski definition) is 7. The topological polar surface area (TPSA) is 106 Å². The molecule has 1 aromatic carbocycles. The van der Waals surface area contributed by atoms with E-state index in [1.54, 1.807) is 19.1 Å². The van der Waals surface area contributed by atoms with Crippen molar-refractivity contribution in [2.24, 2.45) is 0 Å². The molecule has 3 aromatic rings. The van der Waals surface area contributed by atoms with Gasteiger partial charge in [-0.3, -0.25) is 14.6 Å². The number of nitrogens with zero attached hydrogens (tertiary/aromatic N) is 1. The highest BCUT2D eigenvalue weighted by atomic mass is 35.5. The molecule has 0 aliphatic rings. The molecule has 2 heterocycles. The molecular weight excluding hydrogens is 429 g/mol. The quantitative estimate of drug-likeness (QED) is 0.250. The van der Waals surface area contributed by atoms with Gasteiger partial charge in [-0.2, -0.15) is 0 Å². The number of pyridine rings is 1. The van der Waals surface area contributed by atoms with Crippen LogP contribution in [0.4, 0.5) is 15.8 Å². The average Bonchev–Trinajstić information content (AvgIpc) is 3.06. The molecule has 0 saturated heterocycles. The Bertz CT molecular complexity index is 1080. The molecule has 0 spiro atoms. The third kappa shape index (κ3) is 5.92. The average molecular weight is 452 g/mol. The minimum atomic E-state index is -1.24. The molecule has 8 nitrogen and oxygen atoms in total. The van der Waals surface area contributed by atoms with E-state index in [1.807, 2.05) is 0 Å². The lowest BCUT2D eigenvalue weighted by atomic mass is 10.2. The van der Waals surface area contributed by atoms with Gasteiger partial charge in [0.2, 0.25) is 5.76 Å². The smallest absolute Gasteiger partial charge is 0.312 e. The Labute approximate surface area is 183 Å². The van der Waals surface area contributed by atoms with Crippen LogP contribution in [0.1, 0.15) is 36.4 Å². The monoisotopic (exact) mass is 451 g/mol. The molecule has 0 bridgehead atoms. The lowest BCUT2D eigenvalue weighted by molar-refractivity contribution is -0.178. The highest BCUT2D eigenvalue weighted by Crippen LogP contribution is 2.36. The zero-order valence-electron chi connectivity index (χ0n) is 17.3. The zero-order valence-corrected chi connectivity index (χ0v) is 18.0. The van der Waals surface area contributed by atoms with Crippen LogP contribution in [0.25, 0.3) is 11.0 Å². The maximum Gasteiger partial charge on any atom is 0.312 e. The molecular formula is C21H23ClFN3O5. The number of nitrogens with one attached hydrogen (secondary N) is 2. The Morgan fingerprint density at radius 2 is 2.10 bits per heavy atom. The molecule has 0 aliphatic carbocycles. The minimum Gasteiger partial charge on any atom is -0.447 e. The number of carbonyl (C=O) groups is 1. The fourth-order valence-electron chi connectivity index (χ4n) is 2.74. The molecule has 166 valence electrons. The van der Waals surface area contributed by atoms with Crippen molar-refractivity contribution in [1.29, 1.82) is 0 Å². The van der Waals surface area contributed by atoms with Gasteiger partial charge in [-0.15, -0.1) is 0 Å². The van der Waals surface area contributed by atoms with Gasteiger partial charge in [-0.25, -0.2) is 9.87 Å². The van der Waals surface area contributed by atoms with E-state index in [0.717, 1.165) is 5.56 Å². The first kappa shape index (κ1) is 23.0. The Balaban J connectivity index is 1.77. The number of furan rings is 1. The summed E-state index contributed by atoms with van der Waals surface area (Å²) in [6.45, 7) is 5.18. The Hall–Kier alpha value is -2.72. The van der Waals surface area contributed by atoms with E-state index in [2.05, 4.69) is 15.8 Å². The highest BCUT2D eigenvalue weighted by Gasteiger charge is 2.23. The van der Waals surface area contributed by atoms with E-state index < -0.39 is 17.5 Å². The number of ether oxygens (including phenoxy) is 1. The summed E-state index contributed by atoms with van der Waals surface area (Å²) in [5, 5.41) is 13.0. The van der Waals surface area contributed by atoms with Gasteiger partial charge in [0.25, 0.3) is 0 Å². The number of hydroxylamine groups is 1. The number of hydrogen-bond donors (Lipinski definition) is 3. The van der Waals surface area contributed by atoms with Crippen molar-refractivity contribution in [3.05, 3.63) is 52.8 Å². The molecule has 0 unspecified atom stereocenters. The summed E-state index contributed by atoms with van der Waals surface area (Å²) in [7, 11) is 0. The number of halogens is 2. The molecule has 31 heavy (non-hydrogen) atoms. The molecule has 3 rings (SSSR count). The van der Waals surface area contributed by atoms with Gasteiger partial charge in [0.15, 0.2) is 11.4 Å². The van der Waals surface area contributed by atoms with Gasteiger partial charge >= 0.3 is 5.91 Å². The summed E-state index contributed by atoms with van der Waals surface area (Å²) in [6.07, 6.45) is 3.27. The normalized spacial score (nSPS) is 11.7. The van der Waals surface area contributed by atoms with Crippen LogP contribution in [-0.2, 0) is 9.57 Å². The summed E-state index contributed by atoms with van der Waals surface area (Å²) < 4.78 is 25.2. The summed E-state index contributed by atoms with van der Waals surface area (Å²) in [6, 6.07) is 4.66. The lowest BCUT2D eigenvalue weighted by Crippen LogP contribution is -2.27. The molecule has 3 N–H and O–H groups in total. The summed E-state index contributed by atoms with van der Waals surface area (Å²) in [5.41, 5.74) is 3.63. The summed E-state index contributed by atoms with van der Waals surface area (Å²) in [4.78, 5) is 21.8. The number of carbonyl (C=O) groups excluding carboxylic acids is 1. The van der Waals surface area contributed by atoms with Crippen molar-refractivity contribution < 1.29 is 28.3 Å². The van der Waals surface area contributed by atoms with Crippen molar-refractivity contribution >= 4 is 39.9 Å². The van der Waals surface area contributed by atoms with Crippen molar-refractivity contribution in [1.82, 2.24) is 10.5 Å². The fourth-order valence-corrected chi connectivity index (χ4v) is 2.93. The Morgan fingerprint density at radius 3 is 2.81 bits per heavy atom. The van der Waals surface area contributed by atoms with Crippen LogP contribution in [0, 0.1) is 12.7 Å². The van der Waals surface area contributed by atoms with Gasteiger partial charge in [-0.1, -0.05) is 17.7 Å². The molecule has 1 amide bonds. The number of amides is 1. The largest absolute Gasteiger partial charge is 0.447 e. The van der Waals surface area contributed by atoms with E-state index in [4.69, 9.17) is 25.6 Å². The fraction of sp³-hybridized carbons (Fsp3) is 0.333. The van der Waals surface area contributed by atoms with Gasteiger partial charge in [0.1, 0.15) is 16.5 Å². The van der Waals surface area contributed by atoms with Crippen LogP contribution in [0.15, 0.2) is 35.0 Å². The second-order valence-corrected chi connectivity index (χ2v) is 7.75. The van der Waals surface area contributed by atoms with Crippen LogP contribution >= 0.6 is 11.6 Å². The van der Waals surface area contributed by atoms with E-state index in [0.29, 0.717) is 11.8 Å². The third-order valence-corrected chi connectivity index (χ3v) is 4.42. The van der Waals surface area contributed by atoms with Crippen molar-refractivity contribution in [3.63, 3.8) is 0 Å². The highest BCUT2D eigenvalue weighted by molar-refractivity contribution is 6.35. The standard InChI is InChI=1S/C21H23ClFN3O5/c1-12-5-6-16(15(23)9-12)25-17-13-10-24-11-14(22)18(13)31-19(17)20(27)26-30-8-4-7-29-21(2,3)28/h5-6,9-11,25,28H,4,7-8H2,1-3H3,(H,26,27). The minimum absolute atomic E-state index is 0.139. The maximum absolute atomic E-state index is 14.4. The predicted molar refractivity (Wildman–Crippen MR) is 114 cm³/mol. The van der Waals surface area contributed by atoms with Gasteiger partial charge in [0.05, 0.1) is 24.3 Å². The van der Waals surface area contributed by atoms with Crippen LogP contribution in [0.3, 0.4) is 0 Å². The SMILES string of the molecule is Cc1ccc(Nc2c(C(=O)NOCCCOC(C)(C)O)oc3c(Cl)cncc23)c(F)c1. The molecule has 10 heteroatoms. The second kappa shape index (κ2) is 9.61. The number of anilines is 2. The van der Waals surface area contributed by atoms with Crippen molar-refractivity contribution in [2.75, 3.05) is 18.5 Å². The number of aryl methyl sites for hydroxylation is 1. The lowest BCUT2D eigenvalue weighted by Gasteiger charge is -2.17. The number of aromatic nitrogens is 1. The zero-order chi connectivity index (χ0) is 22.6. The van der Waals surface area contributed by atoms with Crippen LogP contribution < -0.4 is 10.8 Å². The first-order valence-corrected chi connectivity index (χ1v) is 9.91. The first-order chi connectivity index (χ1) is 14.7. The molecule has 0 fully saturated rings. The number of aliphatic hydroxyl groups is 1. The van der Waals surface area contributed by atoms with Gasteiger partial charge in [0, 0.05) is 12.4 Å². The predicted octanol–water partition coefficient (Wildman–Crippen LogP) is 4.47. The van der Waals surface area contributed by atoms with E-state index in [1.165, 1.54) is 32.3 Å². The van der Waals surface area contributed by atoms with E-state index >= 15 is 0 Å². The van der Waals surface area contributed by atoms with Crippen LogP contribution in [0.2, 0.25) is 5.02 Å². The molecule has 2 aromatic heterocycles. The van der Waals surface area contributed by atoms with E-state index in [9.17, 15) is 14.3 Å². The third-order valence-electron chi connectivity index (χ3n) is 4.15. The number of fused-ring (bicyclic) bond motifs is 1. The summed E-state index contributed by atoms with van der Waals surface area (Å²) in [5.74, 6) is -2.56. The summed E-state index contributed by atoms with van der Waals surface area (Å²) >= 11 is 6.15. The molecule has 0 atom stereocenters. The van der Waals surface area contributed by atoms with Crippen LogP contribution in [0.5, 0.6) is 0 Å². The maximum atomic E-state index is 14.4. The van der Waals surface area contributed by atoms with Gasteiger partial charge < -0.3 is 19.6 Å². The molecule has 0 aliphatic heterocycles. The van der Waals surface area contributed by atoms with Crippen LogP contribution in [-0.4, -0.2) is 35.0 Å². The number of rotatable bonds is 9. The van der Waals surface area contributed by atoms with Gasteiger partial charge in [-0.05, 0) is 44.9 Å².